The summed E-state index contributed by atoms with van der Waals surface area (Å²) in [7, 11) is 0. The van der Waals surface area contributed by atoms with Crippen molar-refractivity contribution in [3.8, 4) is 0 Å². The Labute approximate surface area is 104 Å². The topological polar surface area (TPSA) is 55.8 Å². The average molecular weight is 244 g/mol. The molecule has 0 aromatic carbocycles. The van der Waals surface area contributed by atoms with E-state index in [0.29, 0.717) is 31.8 Å². The van der Waals surface area contributed by atoms with Crippen LogP contribution in [0.1, 0.15) is 39.5 Å². The second-order valence-corrected chi connectivity index (χ2v) is 4.14. The van der Waals surface area contributed by atoms with Crippen molar-refractivity contribution in [1.29, 1.82) is 0 Å². The smallest absolute Gasteiger partial charge is 0.333 e. The molecule has 1 unspecified atom stereocenters. The zero-order chi connectivity index (χ0) is 13.1. The predicted octanol–water partition coefficient (Wildman–Crippen LogP) is 2.06. The van der Waals surface area contributed by atoms with E-state index in [2.05, 4.69) is 6.58 Å². The third kappa shape index (κ3) is 10.0. The summed E-state index contributed by atoms with van der Waals surface area (Å²) in [5, 5.41) is 9.53. The lowest BCUT2D eigenvalue weighted by Crippen LogP contribution is -2.16. The molecule has 0 saturated carbocycles. The van der Waals surface area contributed by atoms with Crippen LogP contribution in [-0.2, 0) is 14.3 Å². The largest absolute Gasteiger partial charge is 0.462 e. The lowest BCUT2D eigenvalue weighted by atomic mass is 10.2. The number of ether oxygens (including phenoxy) is 2. The Kier molecular flexibility index (Phi) is 9.77. The molecule has 0 fully saturated rings. The van der Waals surface area contributed by atoms with Crippen molar-refractivity contribution >= 4 is 5.97 Å². The Morgan fingerprint density at radius 2 is 2.06 bits per heavy atom. The molecule has 4 nitrogen and oxygen atoms in total. The van der Waals surface area contributed by atoms with E-state index in [9.17, 15) is 9.90 Å². The van der Waals surface area contributed by atoms with Gasteiger partial charge in [0.05, 0.1) is 19.3 Å². The average Bonchev–Trinajstić information content (AvgIpc) is 2.28. The van der Waals surface area contributed by atoms with E-state index in [1.165, 1.54) is 0 Å². The highest BCUT2D eigenvalue weighted by Crippen LogP contribution is 2.03. The maximum atomic E-state index is 11.0. The highest BCUT2D eigenvalue weighted by molar-refractivity contribution is 5.86. The molecule has 0 aliphatic rings. The standard InChI is InChI=1S/C13H24O4/c1-4-8-16-10-12(14)7-5-6-9-17-13(15)11(2)3/h12,14H,2,4-10H2,1,3H3. The van der Waals surface area contributed by atoms with Crippen molar-refractivity contribution in [2.24, 2.45) is 0 Å². The summed E-state index contributed by atoms with van der Waals surface area (Å²) in [5.74, 6) is -0.350. The van der Waals surface area contributed by atoms with Gasteiger partial charge in [-0.25, -0.2) is 4.79 Å². The monoisotopic (exact) mass is 244 g/mol. The minimum Gasteiger partial charge on any atom is -0.462 e. The van der Waals surface area contributed by atoms with Crippen molar-refractivity contribution in [1.82, 2.24) is 0 Å². The molecule has 0 aromatic heterocycles. The Morgan fingerprint density at radius 1 is 1.35 bits per heavy atom. The second kappa shape index (κ2) is 10.3. The Morgan fingerprint density at radius 3 is 2.65 bits per heavy atom. The molecule has 1 atom stereocenters. The molecule has 0 amide bonds. The predicted molar refractivity (Wildman–Crippen MR) is 66.7 cm³/mol. The van der Waals surface area contributed by atoms with Gasteiger partial charge in [0.2, 0.25) is 0 Å². The number of carbonyl (C=O) groups is 1. The quantitative estimate of drug-likeness (QED) is 0.363. The number of hydrogen-bond acceptors (Lipinski definition) is 4. The molecular weight excluding hydrogens is 220 g/mol. The van der Waals surface area contributed by atoms with Gasteiger partial charge in [-0.05, 0) is 32.6 Å². The minimum absolute atomic E-state index is 0.350. The summed E-state index contributed by atoms with van der Waals surface area (Å²) >= 11 is 0. The molecule has 0 heterocycles. The molecule has 0 rings (SSSR count). The SMILES string of the molecule is C=C(C)C(=O)OCCCCC(O)COCCC. The van der Waals surface area contributed by atoms with Crippen molar-refractivity contribution in [2.45, 2.75) is 45.6 Å². The normalized spacial score (nSPS) is 12.2. The van der Waals surface area contributed by atoms with Crippen LogP contribution in [0.4, 0.5) is 0 Å². The van der Waals surface area contributed by atoms with Crippen molar-refractivity contribution in [2.75, 3.05) is 19.8 Å². The van der Waals surface area contributed by atoms with E-state index in [0.717, 1.165) is 19.3 Å². The Balaban J connectivity index is 3.33. The fourth-order valence-electron chi connectivity index (χ4n) is 1.22. The van der Waals surface area contributed by atoms with Gasteiger partial charge in [-0.3, -0.25) is 0 Å². The van der Waals surface area contributed by atoms with Gasteiger partial charge in [0.15, 0.2) is 0 Å². The zero-order valence-corrected chi connectivity index (χ0v) is 10.9. The fourth-order valence-corrected chi connectivity index (χ4v) is 1.22. The zero-order valence-electron chi connectivity index (χ0n) is 10.9. The van der Waals surface area contributed by atoms with E-state index >= 15 is 0 Å². The summed E-state index contributed by atoms with van der Waals surface area (Å²) in [4.78, 5) is 11.0. The molecule has 4 heteroatoms. The van der Waals surface area contributed by atoms with Crippen LogP contribution < -0.4 is 0 Å². The van der Waals surface area contributed by atoms with Gasteiger partial charge in [-0.2, -0.15) is 0 Å². The lowest BCUT2D eigenvalue weighted by Gasteiger charge is -2.10. The van der Waals surface area contributed by atoms with Crippen LogP contribution in [0.3, 0.4) is 0 Å². The van der Waals surface area contributed by atoms with Crippen molar-refractivity contribution in [3.63, 3.8) is 0 Å². The Bertz CT molecular complexity index is 225. The van der Waals surface area contributed by atoms with Gasteiger partial charge >= 0.3 is 5.97 Å². The number of rotatable bonds is 10. The molecule has 0 aromatic rings. The van der Waals surface area contributed by atoms with Gasteiger partial charge in [0.1, 0.15) is 0 Å². The molecule has 0 saturated heterocycles. The molecule has 1 N–H and O–H groups in total. The first-order chi connectivity index (χ1) is 8.07. The lowest BCUT2D eigenvalue weighted by molar-refractivity contribution is -0.139. The first kappa shape index (κ1) is 16.1. The molecule has 0 radical (unpaired) electrons. The van der Waals surface area contributed by atoms with Crippen LogP contribution in [-0.4, -0.2) is 37.0 Å². The molecular formula is C13H24O4. The number of esters is 1. The van der Waals surface area contributed by atoms with Crippen LogP contribution in [0.15, 0.2) is 12.2 Å². The van der Waals surface area contributed by atoms with Crippen molar-refractivity contribution < 1.29 is 19.4 Å². The van der Waals surface area contributed by atoms with Crippen LogP contribution in [0.5, 0.6) is 0 Å². The van der Waals surface area contributed by atoms with Gasteiger partial charge in [-0.1, -0.05) is 13.5 Å². The number of carbonyl (C=O) groups excluding carboxylic acids is 1. The van der Waals surface area contributed by atoms with E-state index in [-0.39, 0.29) is 5.97 Å². The fraction of sp³-hybridized carbons (Fsp3) is 0.769. The minimum atomic E-state index is -0.418. The molecule has 0 bridgehead atoms. The Hall–Kier alpha value is -0.870. The first-order valence-electron chi connectivity index (χ1n) is 6.16. The van der Waals surface area contributed by atoms with Gasteiger partial charge in [0, 0.05) is 12.2 Å². The highest BCUT2D eigenvalue weighted by Gasteiger charge is 2.05. The first-order valence-corrected chi connectivity index (χ1v) is 6.16. The summed E-state index contributed by atoms with van der Waals surface area (Å²) in [6, 6.07) is 0. The van der Waals surface area contributed by atoms with Crippen LogP contribution in [0.2, 0.25) is 0 Å². The summed E-state index contributed by atoms with van der Waals surface area (Å²) < 4.78 is 10.2. The summed E-state index contributed by atoms with van der Waals surface area (Å²) in [5.41, 5.74) is 0.415. The van der Waals surface area contributed by atoms with Gasteiger partial charge < -0.3 is 14.6 Å². The highest BCUT2D eigenvalue weighted by atomic mass is 16.5. The maximum absolute atomic E-state index is 11.0. The summed E-state index contributed by atoms with van der Waals surface area (Å²) in [6.45, 7) is 8.60. The third-order valence-electron chi connectivity index (χ3n) is 2.17. The van der Waals surface area contributed by atoms with Crippen molar-refractivity contribution in [3.05, 3.63) is 12.2 Å². The third-order valence-corrected chi connectivity index (χ3v) is 2.17. The number of aliphatic hydroxyl groups excluding tert-OH is 1. The summed E-state index contributed by atoms with van der Waals surface area (Å²) in [6.07, 6.45) is 2.79. The van der Waals surface area contributed by atoms with Crippen LogP contribution in [0.25, 0.3) is 0 Å². The van der Waals surface area contributed by atoms with Gasteiger partial charge in [0.25, 0.3) is 0 Å². The van der Waals surface area contributed by atoms with E-state index in [4.69, 9.17) is 9.47 Å². The molecule has 0 aliphatic carbocycles. The molecule has 100 valence electrons. The van der Waals surface area contributed by atoms with E-state index < -0.39 is 6.10 Å². The van der Waals surface area contributed by atoms with Crippen LogP contribution in [0, 0.1) is 0 Å². The molecule has 0 aliphatic heterocycles. The molecule has 0 spiro atoms. The van der Waals surface area contributed by atoms with Gasteiger partial charge in [-0.15, -0.1) is 0 Å². The van der Waals surface area contributed by atoms with E-state index in [1.54, 1.807) is 6.92 Å². The number of hydrogen-bond donors (Lipinski definition) is 1. The second-order valence-electron chi connectivity index (χ2n) is 4.14. The van der Waals surface area contributed by atoms with E-state index in [1.807, 2.05) is 6.92 Å². The van der Waals surface area contributed by atoms with Crippen LogP contribution >= 0.6 is 0 Å². The molecule has 17 heavy (non-hydrogen) atoms. The number of unbranched alkanes of at least 4 members (excludes halogenated alkanes) is 1. The number of aliphatic hydroxyl groups is 1. The maximum Gasteiger partial charge on any atom is 0.333 e.